The summed E-state index contributed by atoms with van der Waals surface area (Å²) in [6, 6.07) is 0. The minimum absolute atomic E-state index is 0.0429. The zero-order valence-electron chi connectivity index (χ0n) is 24.0. The minimum Gasteiger partial charge on any atom is -0.461 e. The Bertz CT molecular complexity index is 1050. The molecule has 7 heteroatoms. The van der Waals surface area contributed by atoms with Crippen molar-refractivity contribution in [2.45, 2.75) is 125 Å². The molecular formula is C30H49O6P. The van der Waals surface area contributed by atoms with Crippen molar-refractivity contribution in [2.24, 2.45) is 56.2 Å². The molecule has 8 unspecified atom stereocenters. The molecule has 0 radical (unpaired) electrons. The Hall–Kier alpha value is -0.420. The number of hydrogen-bond acceptors (Lipinski definition) is 4. The summed E-state index contributed by atoms with van der Waals surface area (Å²) in [6.45, 7) is 16.6. The molecule has 2 bridgehead atoms. The highest BCUT2D eigenvalue weighted by atomic mass is 31.2. The summed E-state index contributed by atoms with van der Waals surface area (Å²) in [7, 11) is -4.53. The van der Waals surface area contributed by atoms with Gasteiger partial charge in [0.1, 0.15) is 6.10 Å². The number of rotatable bonds is 2. The van der Waals surface area contributed by atoms with Gasteiger partial charge in [-0.2, -0.15) is 0 Å². The Morgan fingerprint density at radius 1 is 0.811 bits per heavy atom. The van der Waals surface area contributed by atoms with E-state index in [4.69, 9.17) is 9.26 Å². The molecule has 0 spiro atoms. The van der Waals surface area contributed by atoms with Crippen molar-refractivity contribution in [1.82, 2.24) is 0 Å². The van der Waals surface area contributed by atoms with Gasteiger partial charge in [-0.25, -0.2) is 4.57 Å². The number of phosphoric acid groups is 1. The molecule has 6 fully saturated rings. The van der Waals surface area contributed by atoms with E-state index in [1.165, 1.54) is 6.42 Å². The van der Waals surface area contributed by atoms with Crippen LogP contribution in [-0.2, 0) is 18.6 Å². The predicted octanol–water partition coefficient (Wildman–Crippen LogP) is 6.88. The van der Waals surface area contributed by atoms with E-state index in [9.17, 15) is 19.1 Å². The number of fused-ring (bicyclic) bond motifs is 5. The second kappa shape index (κ2) is 7.65. The summed E-state index contributed by atoms with van der Waals surface area (Å²) in [5, 5.41) is 0. The number of carbonyl (C=O) groups is 1. The molecule has 37 heavy (non-hydrogen) atoms. The van der Waals surface area contributed by atoms with Gasteiger partial charge in [0, 0.05) is 11.3 Å². The number of carbonyl (C=O) groups excluding carboxylic acids is 1. The lowest BCUT2D eigenvalue weighted by Crippen LogP contribution is -2.68. The van der Waals surface area contributed by atoms with Crippen molar-refractivity contribution in [3.05, 3.63) is 0 Å². The third kappa shape index (κ3) is 3.28. The summed E-state index contributed by atoms with van der Waals surface area (Å²) < 4.78 is 23.4. The van der Waals surface area contributed by atoms with Gasteiger partial charge < -0.3 is 14.5 Å². The molecule has 5 aliphatic carbocycles. The fourth-order valence-electron chi connectivity index (χ4n) is 12.2. The Morgan fingerprint density at radius 3 is 2.16 bits per heavy atom. The molecule has 0 aromatic rings. The predicted molar refractivity (Wildman–Crippen MR) is 141 cm³/mol. The first-order valence-electron chi connectivity index (χ1n) is 14.9. The van der Waals surface area contributed by atoms with E-state index in [-0.39, 0.29) is 44.6 Å². The van der Waals surface area contributed by atoms with Crippen LogP contribution < -0.4 is 0 Å². The molecule has 5 saturated carbocycles. The van der Waals surface area contributed by atoms with Gasteiger partial charge in [0.25, 0.3) is 0 Å². The Kier molecular flexibility index (Phi) is 5.54. The van der Waals surface area contributed by atoms with Crippen LogP contribution in [0.5, 0.6) is 0 Å². The number of ether oxygens (including phenoxy) is 1. The quantitative estimate of drug-likeness (QED) is 0.295. The molecule has 1 saturated heterocycles. The maximum Gasteiger partial charge on any atom is 0.469 e. The first kappa shape index (κ1) is 26.8. The largest absolute Gasteiger partial charge is 0.469 e. The van der Waals surface area contributed by atoms with Gasteiger partial charge in [0.2, 0.25) is 0 Å². The third-order valence-electron chi connectivity index (χ3n) is 14.3. The lowest BCUT2D eigenvalue weighted by atomic mass is 9.31. The molecule has 10 atom stereocenters. The highest BCUT2D eigenvalue weighted by Crippen LogP contribution is 2.78. The summed E-state index contributed by atoms with van der Waals surface area (Å²) in [6.07, 6.45) is 9.98. The van der Waals surface area contributed by atoms with Crippen LogP contribution in [0.2, 0.25) is 0 Å². The lowest BCUT2D eigenvalue weighted by molar-refractivity contribution is -0.251. The maximum atomic E-state index is 13.4. The van der Waals surface area contributed by atoms with Gasteiger partial charge in [-0.05, 0) is 104 Å². The van der Waals surface area contributed by atoms with Crippen LogP contribution >= 0.6 is 7.82 Å². The molecule has 0 aromatic heterocycles. The van der Waals surface area contributed by atoms with E-state index in [0.717, 1.165) is 51.4 Å². The van der Waals surface area contributed by atoms with Crippen molar-refractivity contribution < 1.29 is 28.4 Å². The third-order valence-corrected chi connectivity index (χ3v) is 14.8. The fourth-order valence-corrected chi connectivity index (χ4v) is 12.9. The SMILES string of the molecule is CC1(C)CCC23CC[C@@]4(C)C(CCC5C6(C)CC[C@H](OP(=O)(O)O)C(C)(C)C6CCC54C)C2C1OC3=O. The average Bonchev–Trinajstić information content (AvgIpc) is 3.03. The molecule has 1 aliphatic heterocycles. The van der Waals surface area contributed by atoms with E-state index in [0.29, 0.717) is 30.1 Å². The van der Waals surface area contributed by atoms with Gasteiger partial charge in [-0.1, -0.05) is 48.5 Å². The molecule has 210 valence electrons. The number of esters is 1. The van der Waals surface area contributed by atoms with Crippen LogP contribution in [0, 0.1) is 56.2 Å². The average molecular weight is 537 g/mol. The van der Waals surface area contributed by atoms with E-state index in [1.54, 1.807) is 0 Å². The molecule has 6 aliphatic rings. The van der Waals surface area contributed by atoms with Gasteiger partial charge in [-0.15, -0.1) is 0 Å². The highest BCUT2D eigenvalue weighted by Gasteiger charge is 2.75. The summed E-state index contributed by atoms with van der Waals surface area (Å²) >= 11 is 0. The van der Waals surface area contributed by atoms with Crippen molar-refractivity contribution in [1.29, 1.82) is 0 Å². The van der Waals surface area contributed by atoms with Gasteiger partial charge in [0.15, 0.2) is 0 Å². The van der Waals surface area contributed by atoms with Crippen molar-refractivity contribution in [3.63, 3.8) is 0 Å². The van der Waals surface area contributed by atoms with Crippen LogP contribution in [0.1, 0.15) is 113 Å². The normalized spacial score (nSPS) is 53.8. The van der Waals surface area contributed by atoms with Crippen LogP contribution in [0.4, 0.5) is 0 Å². The minimum atomic E-state index is -4.53. The maximum absolute atomic E-state index is 13.4. The zero-order chi connectivity index (χ0) is 27.0. The van der Waals surface area contributed by atoms with Gasteiger partial charge in [0.05, 0.1) is 11.5 Å². The molecule has 6 rings (SSSR count). The fraction of sp³-hybridized carbons (Fsp3) is 0.967. The summed E-state index contributed by atoms with van der Waals surface area (Å²) in [5.74, 6) is 1.89. The lowest BCUT2D eigenvalue weighted by Gasteiger charge is -2.73. The Morgan fingerprint density at radius 2 is 1.49 bits per heavy atom. The highest BCUT2D eigenvalue weighted by molar-refractivity contribution is 7.46. The zero-order valence-corrected chi connectivity index (χ0v) is 24.9. The van der Waals surface area contributed by atoms with E-state index in [2.05, 4.69) is 48.5 Å². The summed E-state index contributed by atoms with van der Waals surface area (Å²) in [5.41, 5.74) is -0.0428. The van der Waals surface area contributed by atoms with Crippen LogP contribution in [0.15, 0.2) is 0 Å². The molecule has 6 nitrogen and oxygen atoms in total. The van der Waals surface area contributed by atoms with Crippen LogP contribution in [0.3, 0.4) is 0 Å². The number of hydrogen-bond donors (Lipinski definition) is 2. The Labute approximate surface area is 223 Å². The topological polar surface area (TPSA) is 93.1 Å². The summed E-state index contributed by atoms with van der Waals surface area (Å²) in [4.78, 5) is 32.6. The number of phosphoric ester groups is 1. The van der Waals surface area contributed by atoms with Gasteiger partial charge in [-0.3, -0.25) is 9.32 Å². The first-order chi connectivity index (χ1) is 16.9. The first-order valence-corrected chi connectivity index (χ1v) is 16.4. The molecular weight excluding hydrogens is 487 g/mol. The van der Waals surface area contributed by atoms with E-state index >= 15 is 0 Å². The van der Waals surface area contributed by atoms with Crippen LogP contribution in [0.25, 0.3) is 0 Å². The van der Waals surface area contributed by atoms with Crippen molar-refractivity contribution in [3.8, 4) is 0 Å². The second-order valence-electron chi connectivity index (χ2n) is 16.1. The second-order valence-corrected chi connectivity index (χ2v) is 17.3. The molecule has 0 amide bonds. The molecule has 2 N–H and O–H groups in total. The van der Waals surface area contributed by atoms with Gasteiger partial charge >= 0.3 is 13.8 Å². The van der Waals surface area contributed by atoms with Crippen LogP contribution in [-0.4, -0.2) is 28.0 Å². The van der Waals surface area contributed by atoms with Crippen molar-refractivity contribution >= 4 is 13.8 Å². The van der Waals surface area contributed by atoms with Crippen molar-refractivity contribution in [2.75, 3.05) is 0 Å². The molecule has 0 aromatic carbocycles. The van der Waals surface area contributed by atoms with E-state index < -0.39 is 13.9 Å². The standard InChI is InChI=1S/C30H49O6P/c1-25(2)14-16-30-17-15-28(6)18(22(30)23(25)35-24(30)31)8-9-20-27(5)12-11-21(36-37(32,33)34)26(3,4)19(27)10-13-29(20,28)7/h18-23H,8-17H2,1-7H3,(H2,32,33,34)/t18?,19?,20?,21-,22?,23?,27?,28-,29?,30?/m0/s1. The molecule has 1 heterocycles. The Balaban J connectivity index is 1.35. The monoisotopic (exact) mass is 536 g/mol. The smallest absolute Gasteiger partial charge is 0.461 e. The van der Waals surface area contributed by atoms with E-state index in [1.807, 2.05) is 0 Å².